The highest BCUT2D eigenvalue weighted by atomic mass is 16.5. The lowest BCUT2D eigenvalue weighted by atomic mass is 9.93. The summed E-state index contributed by atoms with van der Waals surface area (Å²) in [5.41, 5.74) is 2.62. The summed E-state index contributed by atoms with van der Waals surface area (Å²) in [6.45, 7) is 5.59. The van der Waals surface area contributed by atoms with Crippen LogP contribution in [-0.2, 0) is 10.2 Å². The molecule has 158 valence electrons. The summed E-state index contributed by atoms with van der Waals surface area (Å²) in [6, 6.07) is 17.0. The highest BCUT2D eigenvalue weighted by Gasteiger charge is 2.60. The van der Waals surface area contributed by atoms with Crippen molar-refractivity contribution in [1.29, 1.82) is 0 Å². The number of Topliss-reactive ketones (excluding diaryl/α,β-unsaturated/α-hetero) is 1. The number of anilines is 1. The van der Waals surface area contributed by atoms with Gasteiger partial charge in [-0.05, 0) is 44.9 Å². The number of aryl methyl sites for hydroxylation is 2. The Morgan fingerprint density at radius 1 is 1.13 bits per heavy atom. The number of ether oxygens (including phenoxy) is 1. The summed E-state index contributed by atoms with van der Waals surface area (Å²) in [7, 11) is 0. The zero-order chi connectivity index (χ0) is 22.0. The molecule has 0 spiro atoms. The minimum absolute atomic E-state index is 0.0368. The molecule has 6 nitrogen and oxygen atoms in total. The van der Waals surface area contributed by atoms with Gasteiger partial charge in [-0.2, -0.15) is 0 Å². The molecule has 1 heterocycles. The van der Waals surface area contributed by atoms with Gasteiger partial charge in [0, 0.05) is 16.7 Å². The number of hydrogen-bond donors (Lipinski definition) is 1. The number of nitrogens with zero attached hydrogens (tertiary/aromatic N) is 2. The van der Waals surface area contributed by atoms with Gasteiger partial charge in [-0.25, -0.2) is 9.97 Å². The Kier molecular flexibility index (Phi) is 5.55. The van der Waals surface area contributed by atoms with Crippen molar-refractivity contribution in [2.45, 2.75) is 32.6 Å². The third kappa shape index (κ3) is 4.33. The summed E-state index contributed by atoms with van der Waals surface area (Å²) < 4.78 is 6.11. The molecule has 1 N–H and O–H groups in total. The van der Waals surface area contributed by atoms with E-state index in [0.29, 0.717) is 35.9 Å². The molecular weight excluding hydrogens is 390 g/mol. The number of nitrogens with one attached hydrogen (secondary N) is 1. The second-order valence-corrected chi connectivity index (χ2v) is 8.06. The van der Waals surface area contributed by atoms with Crippen molar-refractivity contribution in [1.82, 2.24) is 9.97 Å². The van der Waals surface area contributed by atoms with Crippen LogP contribution < -0.4 is 10.1 Å². The maximum absolute atomic E-state index is 13.1. The van der Waals surface area contributed by atoms with Gasteiger partial charge in [0.1, 0.15) is 5.82 Å². The van der Waals surface area contributed by atoms with Crippen molar-refractivity contribution in [3.05, 3.63) is 83.4 Å². The smallest absolute Gasteiger partial charge is 0.228 e. The number of amides is 1. The molecule has 0 aliphatic heterocycles. The Hall–Kier alpha value is -3.54. The molecule has 2 aromatic carbocycles. The van der Waals surface area contributed by atoms with Gasteiger partial charge in [0.05, 0.1) is 24.4 Å². The number of carbonyl (C=O) groups excluding carboxylic acids is 2. The van der Waals surface area contributed by atoms with Crippen LogP contribution in [0.25, 0.3) is 0 Å². The van der Waals surface area contributed by atoms with Gasteiger partial charge < -0.3 is 10.1 Å². The standard InChI is InChI=1S/C25H25N3O3/c1-16-23(14-26-18(3)27-16)31-15-25(20-9-5-4-6-10-20)13-22(25)24(30)28-21-11-7-8-19(12-21)17(2)29/h4-12,14,22H,13,15H2,1-3H3,(H,28,30)/t22-,25+/m0/s1. The molecule has 2 atom stereocenters. The molecule has 1 fully saturated rings. The van der Waals surface area contributed by atoms with Crippen molar-refractivity contribution in [3.63, 3.8) is 0 Å². The van der Waals surface area contributed by atoms with Crippen molar-refractivity contribution >= 4 is 17.4 Å². The second-order valence-electron chi connectivity index (χ2n) is 8.06. The minimum Gasteiger partial charge on any atom is -0.489 e. The van der Waals surface area contributed by atoms with Gasteiger partial charge in [-0.1, -0.05) is 42.5 Å². The van der Waals surface area contributed by atoms with Gasteiger partial charge in [0.25, 0.3) is 0 Å². The number of ketones is 1. The van der Waals surface area contributed by atoms with E-state index >= 15 is 0 Å². The molecule has 1 aliphatic rings. The first-order valence-corrected chi connectivity index (χ1v) is 10.3. The lowest BCUT2D eigenvalue weighted by Gasteiger charge is -2.19. The monoisotopic (exact) mass is 415 g/mol. The normalized spacial score (nSPS) is 19.5. The van der Waals surface area contributed by atoms with E-state index in [9.17, 15) is 9.59 Å². The van der Waals surface area contributed by atoms with E-state index in [4.69, 9.17) is 4.74 Å². The maximum Gasteiger partial charge on any atom is 0.228 e. The highest BCUT2D eigenvalue weighted by molar-refractivity contribution is 5.99. The van der Waals surface area contributed by atoms with E-state index in [2.05, 4.69) is 15.3 Å². The van der Waals surface area contributed by atoms with Gasteiger partial charge >= 0.3 is 0 Å². The largest absolute Gasteiger partial charge is 0.489 e. The number of rotatable bonds is 7. The first-order chi connectivity index (χ1) is 14.9. The Bertz CT molecular complexity index is 1130. The molecular formula is C25H25N3O3. The molecule has 3 aromatic rings. The van der Waals surface area contributed by atoms with Crippen LogP contribution >= 0.6 is 0 Å². The van der Waals surface area contributed by atoms with Crippen LogP contribution in [0.15, 0.2) is 60.8 Å². The highest BCUT2D eigenvalue weighted by Crippen LogP contribution is 2.55. The maximum atomic E-state index is 13.1. The predicted octanol–water partition coefficient (Wildman–Crippen LogP) is 4.27. The average Bonchev–Trinajstić information content (AvgIpc) is 3.50. The second kappa shape index (κ2) is 8.30. The number of hydrogen-bond acceptors (Lipinski definition) is 5. The van der Waals surface area contributed by atoms with Gasteiger partial charge in [-0.15, -0.1) is 0 Å². The Balaban J connectivity index is 1.54. The SMILES string of the molecule is CC(=O)c1cccc(NC(=O)[C@@H]2C[C@@]2(COc2cnc(C)nc2C)c2ccccc2)c1. The average molecular weight is 415 g/mol. The zero-order valence-electron chi connectivity index (χ0n) is 17.9. The minimum atomic E-state index is -0.416. The molecule has 0 bridgehead atoms. The van der Waals surface area contributed by atoms with E-state index in [-0.39, 0.29) is 17.6 Å². The fraction of sp³-hybridized carbons (Fsp3) is 0.280. The molecule has 0 saturated heterocycles. The Labute approximate surface area is 181 Å². The summed E-state index contributed by atoms with van der Waals surface area (Å²) in [5, 5.41) is 2.97. The van der Waals surface area contributed by atoms with Crippen molar-refractivity contribution in [2.75, 3.05) is 11.9 Å². The number of carbonyl (C=O) groups is 2. The molecule has 1 saturated carbocycles. The molecule has 6 heteroatoms. The van der Waals surface area contributed by atoms with E-state index in [0.717, 1.165) is 11.3 Å². The molecule has 4 rings (SSSR count). The molecule has 0 unspecified atom stereocenters. The lowest BCUT2D eigenvalue weighted by molar-refractivity contribution is -0.117. The molecule has 1 amide bonds. The molecule has 1 aliphatic carbocycles. The lowest BCUT2D eigenvalue weighted by Crippen LogP contribution is -2.26. The summed E-state index contributed by atoms with van der Waals surface area (Å²) in [4.78, 5) is 33.3. The fourth-order valence-corrected chi connectivity index (χ4v) is 3.95. The first kappa shape index (κ1) is 20.7. The van der Waals surface area contributed by atoms with Crippen LogP contribution in [-0.4, -0.2) is 28.3 Å². The quantitative estimate of drug-likeness (QED) is 0.583. The van der Waals surface area contributed by atoms with Crippen molar-refractivity contribution < 1.29 is 14.3 Å². The zero-order valence-corrected chi connectivity index (χ0v) is 17.9. The first-order valence-electron chi connectivity index (χ1n) is 10.3. The summed E-state index contributed by atoms with van der Waals surface area (Å²) in [6.07, 6.45) is 2.36. The van der Waals surface area contributed by atoms with E-state index in [1.165, 1.54) is 6.92 Å². The summed E-state index contributed by atoms with van der Waals surface area (Å²) in [5.74, 6) is 0.970. The van der Waals surface area contributed by atoms with Crippen LogP contribution in [0, 0.1) is 19.8 Å². The van der Waals surface area contributed by atoms with E-state index in [1.54, 1.807) is 30.5 Å². The van der Waals surface area contributed by atoms with E-state index in [1.807, 2.05) is 44.2 Å². The van der Waals surface area contributed by atoms with Gasteiger partial charge in [-0.3, -0.25) is 9.59 Å². The van der Waals surface area contributed by atoms with Gasteiger partial charge in [0.2, 0.25) is 5.91 Å². The van der Waals surface area contributed by atoms with Gasteiger partial charge in [0.15, 0.2) is 11.5 Å². The van der Waals surface area contributed by atoms with Crippen LogP contribution in [0.1, 0.15) is 40.8 Å². The molecule has 1 aromatic heterocycles. The van der Waals surface area contributed by atoms with Crippen LogP contribution in [0.5, 0.6) is 5.75 Å². The summed E-state index contributed by atoms with van der Waals surface area (Å²) >= 11 is 0. The topological polar surface area (TPSA) is 81.2 Å². The third-order valence-corrected chi connectivity index (χ3v) is 5.82. The van der Waals surface area contributed by atoms with Crippen LogP contribution in [0.4, 0.5) is 5.69 Å². The van der Waals surface area contributed by atoms with E-state index < -0.39 is 5.41 Å². The predicted molar refractivity (Wildman–Crippen MR) is 118 cm³/mol. The third-order valence-electron chi connectivity index (χ3n) is 5.82. The fourth-order valence-electron chi connectivity index (χ4n) is 3.95. The Morgan fingerprint density at radius 2 is 1.90 bits per heavy atom. The van der Waals surface area contributed by atoms with Crippen molar-refractivity contribution in [3.8, 4) is 5.75 Å². The molecule has 31 heavy (non-hydrogen) atoms. The van der Waals surface area contributed by atoms with Crippen LogP contribution in [0.2, 0.25) is 0 Å². The van der Waals surface area contributed by atoms with Crippen molar-refractivity contribution in [2.24, 2.45) is 5.92 Å². The van der Waals surface area contributed by atoms with Crippen LogP contribution in [0.3, 0.4) is 0 Å². The molecule has 0 radical (unpaired) electrons. The number of aromatic nitrogens is 2. The number of benzene rings is 2. The Morgan fingerprint density at radius 3 is 2.61 bits per heavy atom.